The van der Waals surface area contributed by atoms with E-state index in [1.807, 2.05) is 19.9 Å². The summed E-state index contributed by atoms with van der Waals surface area (Å²) in [4.78, 5) is 24.2. The van der Waals surface area contributed by atoms with Crippen LogP contribution in [0, 0.1) is 0 Å². The molecule has 3 aromatic rings. The molecule has 0 aliphatic carbocycles. The quantitative estimate of drug-likeness (QED) is 0.725. The van der Waals surface area contributed by atoms with Crippen molar-refractivity contribution >= 4 is 23.1 Å². The molecule has 0 aromatic carbocycles. The molecule has 0 spiro atoms. The number of rotatable bonds is 3. The maximum Gasteiger partial charge on any atom is 0.261 e. The lowest BCUT2D eigenvalue weighted by Gasteiger charge is -2.29. The van der Waals surface area contributed by atoms with E-state index in [9.17, 15) is 4.79 Å². The van der Waals surface area contributed by atoms with Gasteiger partial charge in [-0.1, -0.05) is 0 Å². The zero-order chi connectivity index (χ0) is 20.0. The number of nitrogens with zero attached hydrogens (tertiary/aromatic N) is 5. The minimum Gasteiger partial charge on any atom is -0.471 e. The van der Waals surface area contributed by atoms with Crippen LogP contribution in [0.4, 0.5) is 11.5 Å². The van der Waals surface area contributed by atoms with Crippen molar-refractivity contribution < 1.29 is 14.3 Å². The van der Waals surface area contributed by atoms with Crippen molar-refractivity contribution in [2.24, 2.45) is 0 Å². The molecule has 9 heteroatoms. The Morgan fingerprint density at radius 3 is 2.93 bits per heavy atom. The summed E-state index contributed by atoms with van der Waals surface area (Å²) in [5.74, 6) is 1.06. The summed E-state index contributed by atoms with van der Waals surface area (Å²) >= 11 is 0. The van der Waals surface area contributed by atoms with Gasteiger partial charge in [0.2, 0.25) is 5.88 Å². The van der Waals surface area contributed by atoms with Gasteiger partial charge in [0.25, 0.3) is 5.91 Å². The van der Waals surface area contributed by atoms with Gasteiger partial charge in [-0.15, -0.1) is 0 Å². The average Bonchev–Trinajstić information content (AvgIpc) is 3.27. The molecule has 150 valence electrons. The van der Waals surface area contributed by atoms with Gasteiger partial charge in [-0.25, -0.2) is 9.50 Å². The van der Waals surface area contributed by atoms with Crippen molar-refractivity contribution in [1.29, 1.82) is 0 Å². The van der Waals surface area contributed by atoms with Crippen LogP contribution in [0.3, 0.4) is 0 Å². The van der Waals surface area contributed by atoms with Crippen molar-refractivity contribution in [1.82, 2.24) is 19.6 Å². The molecular formula is C20H22N6O3. The maximum absolute atomic E-state index is 13.0. The Hall–Kier alpha value is -3.20. The highest BCUT2D eigenvalue weighted by Crippen LogP contribution is 2.39. The highest BCUT2D eigenvalue weighted by molar-refractivity contribution is 6.09. The molecule has 29 heavy (non-hydrogen) atoms. The maximum atomic E-state index is 13.0. The monoisotopic (exact) mass is 394 g/mol. The number of aromatic nitrogens is 4. The van der Waals surface area contributed by atoms with Gasteiger partial charge in [-0.2, -0.15) is 10.1 Å². The molecule has 1 N–H and O–H groups in total. The Bertz CT molecular complexity index is 1090. The highest BCUT2D eigenvalue weighted by atomic mass is 16.5. The van der Waals surface area contributed by atoms with Gasteiger partial charge >= 0.3 is 0 Å². The molecule has 9 nitrogen and oxygen atoms in total. The fourth-order valence-corrected chi connectivity index (χ4v) is 3.79. The number of nitrogens with one attached hydrogen (secondary N) is 1. The molecule has 1 fully saturated rings. The minimum absolute atomic E-state index is 0.270. The van der Waals surface area contributed by atoms with E-state index < -0.39 is 0 Å². The molecule has 5 rings (SSSR count). The summed E-state index contributed by atoms with van der Waals surface area (Å²) in [6.45, 7) is 6.72. The van der Waals surface area contributed by atoms with Crippen LogP contribution in [0.5, 0.6) is 5.88 Å². The Labute approximate surface area is 167 Å². The fourth-order valence-electron chi connectivity index (χ4n) is 3.79. The second-order valence-electron chi connectivity index (χ2n) is 7.86. The van der Waals surface area contributed by atoms with Crippen LogP contribution >= 0.6 is 0 Å². The predicted octanol–water partition coefficient (Wildman–Crippen LogP) is 1.93. The number of hydrogen-bond acceptors (Lipinski definition) is 7. The molecule has 0 radical (unpaired) electrons. The first-order valence-electron chi connectivity index (χ1n) is 9.65. The number of carbonyl (C=O) groups is 1. The lowest BCUT2D eigenvalue weighted by Crippen LogP contribution is -2.37. The van der Waals surface area contributed by atoms with E-state index in [0.29, 0.717) is 54.9 Å². The third-order valence-electron chi connectivity index (χ3n) is 5.11. The van der Waals surface area contributed by atoms with Gasteiger partial charge < -0.3 is 19.7 Å². The van der Waals surface area contributed by atoms with E-state index in [-0.39, 0.29) is 11.5 Å². The van der Waals surface area contributed by atoms with Crippen molar-refractivity contribution in [3.63, 3.8) is 0 Å². The summed E-state index contributed by atoms with van der Waals surface area (Å²) in [7, 11) is 0. The zero-order valence-electron chi connectivity index (χ0n) is 16.4. The smallest absolute Gasteiger partial charge is 0.261 e. The van der Waals surface area contributed by atoms with Crippen LogP contribution in [0.15, 0.2) is 30.7 Å². The summed E-state index contributed by atoms with van der Waals surface area (Å²) in [6, 6.07) is 3.74. The second-order valence-corrected chi connectivity index (χ2v) is 7.86. The molecule has 2 aliphatic heterocycles. The number of pyridine rings is 1. The summed E-state index contributed by atoms with van der Waals surface area (Å²) < 4.78 is 13.1. The van der Waals surface area contributed by atoms with Gasteiger partial charge in [-0.05, 0) is 26.0 Å². The van der Waals surface area contributed by atoms with Crippen LogP contribution in [-0.2, 0) is 11.2 Å². The van der Waals surface area contributed by atoms with E-state index in [1.54, 1.807) is 23.0 Å². The lowest BCUT2D eigenvalue weighted by atomic mass is 10.0. The van der Waals surface area contributed by atoms with Gasteiger partial charge in [0.15, 0.2) is 11.5 Å². The average molecular weight is 394 g/mol. The van der Waals surface area contributed by atoms with Crippen LogP contribution < -0.4 is 15.0 Å². The Morgan fingerprint density at radius 1 is 1.28 bits per heavy atom. The van der Waals surface area contributed by atoms with Crippen molar-refractivity contribution in [3.8, 4) is 5.88 Å². The molecular weight excluding hydrogens is 372 g/mol. The molecule has 5 heterocycles. The third kappa shape index (κ3) is 3.27. The third-order valence-corrected chi connectivity index (χ3v) is 5.11. The normalized spacial score (nSPS) is 17.8. The van der Waals surface area contributed by atoms with E-state index in [2.05, 4.69) is 20.3 Å². The number of amides is 1. The number of anilines is 2. The summed E-state index contributed by atoms with van der Waals surface area (Å²) in [6.07, 6.45) is 5.66. The summed E-state index contributed by atoms with van der Waals surface area (Å²) in [5.41, 5.74) is 2.26. The standard InChI is InChI=1S/C20H22N6O3/c1-20(2)11-13-10-15(17(24-19(13)29-20)25-6-8-28-9-7-25)23-18(27)14-12-22-26-5-3-4-21-16(14)26/h3-5,10,12H,6-9,11H2,1-2H3,(H,23,27). The van der Waals surface area contributed by atoms with E-state index >= 15 is 0 Å². The van der Waals surface area contributed by atoms with E-state index in [0.717, 1.165) is 12.0 Å². The first-order chi connectivity index (χ1) is 14.0. The minimum atomic E-state index is -0.313. The van der Waals surface area contributed by atoms with Crippen LogP contribution in [0.1, 0.15) is 29.8 Å². The van der Waals surface area contributed by atoms with E-state index in [4.69, 9.17) is 14.5 Å². The zero-order valence-corrected chi connectivity index (χ0v) is 16.4. The molecule has 0 unspecified atom stereocenters. The number of hydrogen-bond donors (Lipinski definition) is 1. The topological polar surface area (TPSA) is 93.9 Å². The Morgan fingerprint density at radius 2 is 2.10 bits per heavy atom. The lowest BCUT2D eigenvalue weighted by molar-refractivity contribution is 0.102. The van der Waals surface area contributed by atoms with Gasteiger partial charge in [0.1, 0.15) is 11.2 Å². The molecule has 2 aliphatic rings. The molecule has 3 aromatic heterocycles. The van der Waals surface area contributed by atoms with Crippen molar-refractivity contribution in [2.45, 2.75) is 25.9 Å². The number of morpholine rings is 1. The van der Waals surface area contributed by atoms with Crippen molar-refractivity contribution in [3.05, 3.63) is 41.9 Å². The molecule has 0 saturated carbocycles. The van der Waals surface area contributed by atoms with Crippen LogP contribution in [0.2, 0.25) is 0 Å². The fraction of sp³-hybridized carbons (Fsp3) is 0.400. The van der Waals surface area contributed by atoms with Gasteiger partial charge in [0, 0.05) is 37.5 Å². The van der Waals surface area contributed by atoms with Crippen LogP contribution in [0.25, 0.3) is 5.65 Å². The number of ether oxygens (including phenoxy) is 2. The first kappa shape index (κ1) is 17.9. The first-order valence-corrected chi connectivity index (χ1v) is 9.65. The molecule has 0 atom stereocenters. The SMILES string of the molecule is CC1(C)Cc2cc(NC(=O)c3cnn4cccnc34)c(N3CCOCC3)nc2O1. The number of fused-ring (bicyclic) bond motifs is 2. The number of carbonyl (C=O) groups excluding carboxylic acids is 1. The Kier molecular flexibility index (Phi) is 4.13. The molecule has 0 bridgehead atoms. The second kappa shape index (κ2) is 6.70. The van der Waals surface area contributed by atoms with Gasteiger partial charge in [-0.3, -0.25) is 4.79 Å². The largest absolute Gasteiger partial charge is 0.471 e. The molecule has 1 saturated heterocycles. The van der Waals surface area contributed by atoms with Gasteiger partial charge in [0.05, 0.1) is 25.1 Å². The van der Waals surface area contributed by atoms with Crippen molar-refractivity contribution in [2.75, 3.05) is 36.5 Å². The van der Waals surface area contributed by atoms with Crippen LogP contribution in [-0.4, -0.2) is 57.4 Å². The Balaban J connectivity index is 1.52. The molecule has 1 amide bonds. The van der Waals surface area contributed by atoms with E-state index in [1.165, 1.54) is 6.20 Å². The predicted molar refractivity (Wildman–Crippen MR) is 107 cm³/mol. The summed E-state index contributed by atoms with van der Waals surface area (Å²) in [5, 5.41) is 7.23. The highest BCUT2D eigenvalue weighted by Gasteiger charge is 2.33.